The van der Waals surface area contributed by atoms with Crippen molar-refractivity contribution in [2.75, 3.05) is 28.7 Å². The highest BCUT2D eigenvalue weighted by molar-refractivity contribution is 5.73. The zero-order valence-corrected chi connectivity index (χ0v) is 17.7. The molecule has 6 rings (SSSR count). The number of nitrogens with zero attached hydrogens (tertiary/aromatic N) is 5. The van der Waals surface area contributed by atoms with E-state index in [-0.39, 0.29) is 12.0 Å². The first-order chi connectivity index (χ1) is 16.0. The molecule has 2 fully saturated rings. The molecule has 0 amide bonds. The monoisotopic (exact) mass is 448 g/mol. The van der Waals surface area contributed by atoms with Crippen molar-refractivity contribution in [1.29, 1.82) is 0 Å². The summed E-state index contributed by atoms with van der Waals surface area (Å²) < 4.78 is 21.4. The van der Waals surface area contributed by atoms with Crippen LogP contribution in [0.5, 0.6) is 0 Å². The van der Waals surface area contributed by atoms with E-state index < -0.39 is 11.6 Å². The van der Waals surface area contributed by atoms with Gasteiger partial charge in [0.15, 0.2) is 23.0 Å². The molecular formula is C22H21FN8O2. The number of anilines is 4. The number of para-hydroxylation sites is 2. The van der Waals surface area contributed by atoms with Crippen molar-refractivity contribution in [2.24, 2.45) is 0 Å². The average Bonchev–Trinajstić information content (AvgIpc) is 3.51. The molecule has 168 valence electrons. The highest BCUT2D eigenvalue weighted by Crippen LogP contribution is 2.31. The van der Waals surface area contributed by atoms with Gasteiger partial charge in [-0.3, -0.25) is 5.43 Å². The zero-order valence-electron chi connectivity index (χ0n) is 17.7. The Kier molecular flexibility index (Phi) is 4.50. The number of oxazole rings is 1. The number of fused-ring (bicyclic) bond motifs is 3. The predicted molar refractivity (Wildman–Crippen MR) is 121 cm³/mol. The van der Waals surface area contributed by atoms with Gasteiger partial charge in [-0.25, -0.2) is 19.2 Å². The van der Waals surface area contributed by atoms with Crippen LogP contribution in [-0.4, -0.2) is 44.8 Å². The minimum atomic E-state index is -0.559. The van der Waals surface area contributed by atoms with E-state index in [0.717, 1.165) is 25.1 Å². The van der Waals surface area contributed by atoms with Gasteiger partial charge in [0.05, 0.1) is 11.9 Å². The Labute approximate surface area is 187 Å². The molecule has 33 heavy (non-hydrogen) atoms. The number of halogens is 1. The maximum absolute atomic E-state index is 14.9. The summed E-state index contributed by atoms with van der Waals surface area (Å²) in [4.78, 5) is 27.4. The summed E-state index contributed by atoms with van der Waals surface area (Å²) in [6, 6.07) is 9.16. The van der Waals surface area contributed by atoms with Crippen LogP contribution in [0.15, 0.2) is 51.9 Å². The number of hydrogen-bond acceptors (Lipinski definition) is 9. The highest BCUT2D eigenvalue weighted by Gasteiger charge is 2.39. The maximum Gasteiger partial charge on any atom is 0.439 e. The topological polar surface area (TPSA) is 113 Å². The Balaban J connectivity index is 1.25. The van der Waals surface area contributed by atoms with E-state index in [1.165, 1.54) is 10.7 Å². The SMILES string of the molecule is Cc1cnc(Nc2cnc(N3CC4CC3CN4)c(F)c2)nc1Nn1c(=O)oc2ccccc21. The fourth-order valence-corrected chi connectivity index (χ4v) is 4.45. The van der Waals surface area contributed by atoms with Crippen molar-refractivity contribution >= 4 is 34.4 Å². The van der Waals surface area contributed by atoms with E-state index in [1.807, 2.05) is 17.9 Å². The standard InChI is InChI=1S/C22H21FN8O2/c1-12-8-26-21(28-19(12)29-31-17-4-2-3-5-18(17)33-22(31)32)27-13-7-16(23)20(25-9-13)30-11-14-6-15(30)10-24-14/h2-5,7-9,14-15,24H,6,10-11H2,1H3,(H2,26,27,28,29). The lowest BCUT2D eigenvalue weighted by atomic mass is 10.2. The lowest BCUT2D eigenvalue weighted by Gasteiger charge is -2.28. The first-order valence-electron chi connectivity index (χ1n) is 10.7. The van der Waals surface area contributed by atoms with Gasteiger partial charge in [-0.2, -0.15) is 9.66 Å². The summed E-state index contributed by atoms with van der Waals surface area (Å²) in [5.74, 6) is 0.0629. The second-order valence-electron chi connectivity index (χ2n) is 8.31. The molecular weight excluding hydrogens is 427 g/mol. The van der Waals surface area contributed by atoms with Crippen LogP contribution >= 0.6 is 0 Å². The van der Waals surface area contributed by atoms with Crippen molar-refractivity contribution < 1.29 is 8.81 Å². The molecule has 0 radical (unpaired) electrons. The molecule has 2 atom stereocenters. The van der Waals surface area contributed by atoms with Crippen molar-refractivity contribution in [3.63, 3.8) is 0 Å². The molecule has 2 aliphatic heterocycles. The third-order valence-electron chi connectivity index (χ3n) is 6.08. The van der Waals surface area contributed by atoms with Crippen LogP contribution in [0.2, 0.25) is 0 Å². The molecule has 2 unspecified atom stereocenters. The summed E-state index contributed by atoms with van der Waals surface area (Å²) in [5.41, 5.74) is 5.17. The summed E-state index contributed by atoms with van der Waals surface area (Å²) >= 11 is 0. The Bertz CT molecular complexity index is 1420. The van der Waals surface area contributed by atoms with Gasteiger partial charge in [0, 0.05) is 43.0 Å². The molecule has 2 bridgehead atoms. The molecule has 0 spiro atoms. The largest absolute Gasteiger partial charge is 0.439 e. The fourth-order valence-electron chi connectivity index (χ4n) is 4.45. The van der Waals surface area contributed by atoms with Gasteiger partial charge < -0.3 is 20.0 Å². The van der Waals surface area contributed by atoms with Gasteiger partial charge in [-0.05, 0) is 25.5 Å². The Morgan fingerprint density at radius 1 is 1.24 bits per heavy atom. The second kappa shape index (κ2) is 7.55. The summed E-state index contributed by atoms with van der Waals surface area (Å²) in [6.07, 6.45) is 4.20. The van der Waals surface area contributed by atoms with Crippen molar-refractivity contribution in [3.05, 3.63) is 64.7 Å². The molecule has 2 aliphatic rings. The van der Waals surface area contributed by atoms with Gasteiger partial charge in [0.2, 0.25) is 5.95 Å². The van der Waals surface area contributed by atoms with E-state index in [1.54, 1.807) is 30.6 Å². The highest BCUT2D eigenvalue weighted by atomic mass is 19.1. The minimum Gasteiger partial charge on any atom is -0.406 e. The number of aromatic nitrogens is 4. The molecule has 10 nitrogen and oxygen atoms in total. The van der Waals surface area contributed by atoms with Crippen LogP contribution in [0, 0.1) is 12.7 Å². The van der Waals surface area contributed by atoms with Crippen LogP contribution in [0.3, 0.4) is 0 Å². The van der Waals surface area contributed by atoms with Crippen LogP contribution in [0.25, 0.3) is 11.1 Å². The fraction of sp³-hybridized carbons (Fsp3) is 0.273. The number of aryl methyl sites for hydroxylation is 1. The number of rotatable bonds is 5. The zero-order chi connectivity index (χ0) is 22.5. The van der Waals surface area contributed by atoms with Gasteiger partial charge in [-0.15, -0.1) is 0 Å². The van der Waals surface area contributed by atoms with Crippen molar-refractivity contribution in [1.82, 2.24) is 24.9 Å². The first kappa shape index (κ1) is 19.7. The molecule has 3 N–H and O–H groups in total. The summed E-state index contributed by atoms with van der Waals surface area (Å²) in [7, 11) is 0. The van der Waals surface area contributed by atoms with E-state index in [9.17, 15) is 9.18 Å². The molecule has 0 aliphatic carbocycles. The molecule has 5 heterocycles. The Morgan fingerprint density at radius 3 is 2.91 bits per heavy atom. The normalized spacial score (nSPS) is 19.4. The van der Waals surface area contributed by atoms with Crippen LogP contribution < -0.4 is 26.7 Å². The molecule has 0 saturated carbocycles. The number of nitrogens with one attached hydrogen (secondary N) is 3. The number of benzene rings is 1. The molecule has 4 aromatic rings. The number of hydrogen-bond donors (Lipinski definition) is 3. The van der Waals surface area contributed by atoms with E-state index in [2.05, 4.69) is 31.0 Å². The predicted octanol–water partition coefficient (Wildman–Crippen LogP) is 2.40. The van der Waals surface area contributed by atoms with Gasteiger partial charge in [0.1, 0.15) is 5.52 Å². The molecule has 11 heteroatoms. The third kappa shape index (κ3) is 3.46. The van der Waals surface area contributed by atoms with Gasteiger partial charge in [-0.1, -0.05) is 12.1 Å². The van der Waals surface area contributed by atoms with Crippen LogP contribution in [-0.2, 0) is 0 Å². The van der Waals surface area contributed by atoms with Crippen LogP contribution in [0.4, 0.5) is 27.7 Å². The van der Waals surface area contributed by atoms with Crippen LogP contribution in [0.1, 0.15) is 12.0 Å². The maximum atomic E-state index is 14.9. The summed E-state index contributed by atoms with van der Waals surface area (Å²) in [5, 5.41) is 6.39. The van der Waals surface area contributed by atoms with Crippen molar-refractivity contribution in [3.8, 4) is 0 Å². The smallest absolute Gasteiger partial charge is 0.406 e. The average molecular weight is 448 g/mol. The quantitative estimate of drug-likeness (QED) is 0.424. The lowest BCUT2D eigenvalue weighted by Crippen LogP contribution is -2.44. The first-order valence-corrected chi connectivity index (χ1v) is 10.7. The van der Waals surface area contributed by atoms with Gasteiger partial charge >= 0.3 is 5.76 Å². The molecule has 2 saturated heterocycles. The van der Waals surface area contributed by atoms with E-state index >= 15 is 0 Å². The van der Waals surface area contributed by atoms with E-state index in [4.69, 9.17) is 4.42 Å². The molecule has 1 aromatic carbocycles. The third-order valence-corrected chi connectivity index (χ3v) is 6.08. The number of pyridine rings is 1. The minimum absolute atomic E-state index is 0.238. The summed E-state index contributed by atoms with van der Waals surface area (Å²) in [6.45, 7) is 3.43. The Morgan fingerprint density at radius 2 is 2.12 bits per heavy atom. The lowest BCUT2D eigenvalue weighted by molar-refractivity contribution is 0.532. The second-order valence-corrected chi connectivity index (χ2v) is 8.31. The van der Waals surface area contributed by atoms with E-state index in [0.29, 0.717) is 34.5 Å². The van der Waals surface area contributed by atoms with Gasteiger partial charge in [0.25, 0.3) is 0 Å². The van der Waals surface area contributed by atoms with Crippen molar-refractivity contribution in [2.45, 2.75) is 25.4 Å². The molecule has 3 aromatic heterocycles. The number of piperazine rings is 1. The Hall–Kier alpha value is -3.99.